The Hall–Kier alpha value is -3.79. The summed E-state index contributed by atoms with van der Waals surface area (Å²) in [5.74, 6) is -0.533. The highest BCUT2D eigenvalue weighted by atomic mass is 32.2. The van der Waals surface area contributed by atoms with E-state index in [1.54, 1.807) is 31.2 Å². The first-order valence-electron chi connectivity index (χ1n) is 11.2. The van der Waals surface area contributed by atoms with Crippen LogP contribution in [0, 0.1) is 12.3 Å². The van der Waals surface area contributed by atoms with Gasteiger partial charge in [0.05, 0.1) is 35.6 Å². The first kappa shape index (κ1) is 26.8. The fraction of sp³-hybridized carbons (Fsp3) is 0.308. The second kappa shape index (κ2) is 10.4. The van der Waals surface area contributed by atoms with Crippen molar-refractivity contribution in [1.82, 2.24) is 14.7 Å². The highest BCUT2D eigenvalue weighted by Gasteiger charge is 2.22. The van der Waals surface area contributed by atoms with Crippen LogP contribution in [0.15, 0.2) is 48.8 Å². The van der Waals surface area contributed by atoms with Gasteiger partial charge in [-0.3, -0.25) is 19.6 Å². The van der Waals surface area contributed by atoms with Crippen molar-refractivity contribution in [1.29, 1.82) is 0 Å². The van der Waals surface area contributed by atoms with Gasteiger partial charge in [-0.25, -0.2) is 13.1 Å². The highest BCUT2D eigenvalue weighted by molar-refractivity contribution is 7.89. The summed E-state index contributed by atoms with van der Waals surface area (Å²) in [6.07, 6.45) is 4.26. The molecule has 0 spiro atoms. The fourth-order valence-electron chi connectivity index (χ4n) is 3.42. The molecule has 0 radical (unpaired) electrons. The van der Waals surface area contributed by atoms with Crippen molar-refractivity contribution >= 4 is 21.7 Å². The number of aromatic nitrogens is 2. The molecule has 9 nitrogen and oxygen atoms in total. The molecule has 36 heavy (non-hydrogen) atoms. The zero-order valence-electron chi connectivity index (χ0n) is 20.8. The van der Waals surface area contributed by atoms with E-state index < -0.39 is 15.9 Å². The van der Waals surface area contributed by atoms with E-state index >= 15 is 0 Å². The summed E-state index contributed by atoms with van der Waals surface area (Å²) < 4.78 is 30.4. The summed E-state index contributed by atoms with van der Waals surface area (Å²) >= 11 is 0. The number of benzene rings is 2. The first-order valence-corrected chi connectivity index (χ1v) is 13.0. The van der Waals surface area contributed by atoms with E-state index in [-0.39, 0.29) is 34.7 Å². The van der Waals surface area contributed by atoms with Crippen molar-refractivity contribution in [2.75, 3.05) is 6.26 Å². The lowest BCUT2D eigenvalue weighted by molar-refractivity contribution is 0.0935. The van der Waals surface area contributed by atoms with Gasteiger partial charge in [0.25, 0.3) is 5.91 Å². The summed E-state index contributed by atoms with van der Waals surface area (Å²) in [6, 6.07) is 9.59. The Morgan fingerprint density at radius 3 is 2.42 bits per heavy atom. The predicted molar refractivity (Wildman–Crippen MR) is 135 cm³/mol. The van der Waals surface area contributed by atoms with E-state index in [4.69, 9.17) is 4.74 Å². The van der Waals surface area contributed by atoms with Crippen molar-refractivity contribution in [3.8, 4) is 22.8 Å². The fourth-order valence-corrected chi connectivity index (χ4v) is 3.87. The van der Waals surface area contributed by atoms with Gasteiger partial charge in [0.15, 0.2) is 5.78 Å². The van der Waals surface area contributed by atoms with Gasteiger partial charge in [-0.1, -0.05) is 32.9 Å². The third-order valence-corrected chi connectivity index (χ3v) is 5.71. The van der Waals surface area contributed by atoms with E-state index in [0.29, 0.717) is 34.7 Å². The number of carbonyl (C=O) groups excluding carboxylic acids is 2. The molecule has 190 valence electrons. The number of ether oxygens (including phenoxy) is 1. The number of hydrogen-bond donors (Lipinski definition) is 2. The molecular formula is C26H29N3O6S. The number of phenolic OH excluding ortho intramolecular Hbond substituents is 1. The van der Waals surface area contributed by atoms with Crippen LogP contribution in [0.3, 0.4) is 0 Å². The van der Waals surface area contributed by atoms with Gasteiger partial charge in [0.2, 0.25) is 10.0 Å². The largest absolute Gasteiger partial charge is 0.507 e. The number of Topliss-reactive ketones (excluding diaryl/α,β-unsaturated/α-hetero) is 1. The third-order valence-electron chi connectivity index (χ3n) is 5.15. The number of sulfonamides is 1. The number of hydrogen-bond acceptors (Lipinski definition) is 8. The number of amides is 1. The molecule has 0 atom stereocenters. The second-order valence-electron chi connectivity index (χ2n) is 9.71. The maximum Gasteiger partial charge on any atom is 0.264 e. The van der Waals surface area contributed by atoms with Crippen LogP contribution in [0.2, 0.25) is 0 Å². The molecular weight excluding hydrogens is 482 g/mol. The van der Waals surface area contributed by atoms with E-state index in [9.17, 15) is 23.1 Å². The molecule has 0 fully saturated rings. The molecule has 1 amide bonds. The molecule has 0 aliphatic rings. The smallest absolute Gasteiger partial charge is 0.264 e. The van der Waals surface area contributed by atoms with Gasteiger partial charge in [0, 0.05) is 23.1 Å². The molecule has 0 aliphatic carbocycles. The predicted octanol–water partition coefficient (Wildman–Crippen LogP) is 4.04. The minimum atomic E-state index is -3.68. The van der Waals surface area contributed by atoms with Crippen LogP contribution in [0.5, 0.6) is 11.5 Å². The lowest BCUT2D eigenvalue weighted by Crippen LogP contribution is -2.29. The minimum Gasteiger partial charge on any atom is -0.507 e. The Labute approximate surface area is 210 Å². The van der Waals surface area contributed by atoms with E-state index in [2.05, 4.69) is 9.97 Å². The van der Waals surface area contributed by atoms with E-state index in [1.807, 2.05) is 25.5 Å². The van der Waals surface area contributed by atoms with Crippen LogP contribution in [0.1, 0.15) is 59.2 Å². The molecule has 0 aliphatic heterocycles. The third kappa shape index (κ3) is 7.11. The average molecular weight is 512 g/mol. The highest BCUT2D eigenvalue weighted by Crippen LogP contribution is 2.33. The SMILES string of the molecule is Cc1c(OCc2cnc(-c3cccc(C(=O)NS(C)(=O)=O)c3)cn2)ccc(C(=O)CC(C)(C)C)c1O. The number of ketones is 1. The van der Waals surface area contributed by atoms with Gasteiger partial charge in [-0.15, -0.1) is 0 Å². The summed E-state index contributed by atoms with van der Waals surface area (Å²) in [7, 11) is -3.68. The lowest BCUT2D eigenvalue weighted by atomic mass is 9.87. The first-order chi connectivity index (χ1) is 16.7. The second-order valence-corrected chi connectivity index (χ2v) is 11.5. The van der Waals surface area contributed by atoms with Crippen LogP contribution in [-0.4, -0.2) is 41.4 Å². The summed E-state index contributed by atoms with van der Waals surface area (Å²) in [5, 5.41) is 10.5. The molecule has 0 bridgehead atoms. The lowest BCUT2D eigenvalue weighted by Gasteiger charge is -2.18. The standard InChI is InChI=1S/C26H29N3O6S/c1-16-23(10-9-20(24(16)31)22(30)12-26(2,3)4)35-15-19-13-28-21(14-27-19)17-7-6-8-18(11-17)25(32)29-36(5,33)34/h6-11,13-14,31H,12,15H2,1-5H3,(H,29,32). The van der Waals surface area contributed by atoms with Crippen LogP contribution in [-0.2, 0) is 16.6 Å². The Balaban J connectivity index is 1.70. The van der Waals surface area contributed by atoms with Crippen molar-refractivity contribution in [2.45, 2.75) is 40.7 Å². The molecule has 2 aromatic carbocycles. The van der Waals surface area contributed by atoms with Gasteiger partial charge >= 0.3 is 0 Å². The zero-order chi connectivity index (χ0) is 26.7. The summed E-state index contributed by atoms with van der Waals surface area (Å²) in [4.78, 5) is 33.3. The van der Waals surface area contributed by atoms with Crippen LogP contribution < -0.4 is 9.46 Å². The molecule has 3 aromatic rings. The van der Waals surface area contributed by atoms with Crippen molar-refractivity contribution in [3.05, 3.63) is 71.2 Å². The Morgan fingerprint density at radius 1 is 1.08 bits per heavy atom. The quantitative estimate of drug-likeness (QED) is 0.433. The van der Waals surface area contributed by atoms with Gasteiger partial charge in [-0.05, 0) is 36.6 Å². The maximum atomic E-state index is 12.5. The van der Waals surface area contributed by atoms with E-state index in [0.717, 1.165) is 6.26 Å². The number of nitrogens with zero attached hydrogens (tertiary/aromatic N) is 2. The van der Waals surface area contributed by atoms with Gasteiger partial charge in [0.1, 0.15) is 18.1 Å². The molecule has 0 saturated heterocycles. The summed E-state index contributed by atoms with van der Waals surface area (Å²) in [6.45, 7) is 7.65. The Bertz CT molecular complexity index is 1390. The molecule has 1 aromatic heterocycles. The van der Waals surface area contributed by atoms with Gasteiger partial charge in [-0.2, -0.15) is 0 Å². The Morgan fingerprint density at radius 2 is 1.81 bits per heavy atom. The number of carbonyl (C=O) groups is 2. The minimum absolute atomic E-state index is 0.0830. The summed E-state index contributed by atoms with van der Waals surface area (Å²) in [5.41, 5.74) is 2.32. The molecule has 2 N–H and O–H groups in total. The molecule has 10 heteroatoms. The number of nitrogens with one attached hydrogen (secondary N) is 1. The Kier molecular flexibility index (Phi) is 7.78. The van der Waals surface area contributed by atoms with Crippen LogP contribution >= 0.6 is 0 Å². The molecule has 0 unspecified atom stereocenters. The zero-order valence-corrected chi connectivity index (χ0v) is 21.6. The van der Waals surface area contributed by atoms with Crippen molar-refractivity contribution in [3.63, 3.8) is 0 Å². The van der Waals surface area contributed by atoms with Crippen LogP contribution in [0.4, 0.5) is 0 Å². The number of aromatic hydroxyl groups is 1. The number of rotatable bonds is 8. The molecule has 3 rings (SSSR count). The average Bonchev–Trinajstić information content (AvgIpc) is 2.78. The van der Waals surface area contributed by atoms with Gasteiger partial charge < -0.3 is 9.84 Å². The molecule has 1 heterocycles. The van der Waals surface area contributed by atoms with Crippen molar-refractivity contribution < 1.29 is 27.9 Å². The number of phenols is 1. The monoisotopic (exact) mass is 511 g/mol. The van der Waals surface area contributed by atoms with E-state index in [1.165, 1.54) is 24.5 Å². The topological polar surface area (TPSA) is 136 Å². The van der Waals surface area contributed by atoms with Crippen LogP contribution in [0.25, 0.3) is 11.3 Å². The van der Waals surface area contributed by atoms with Crippen molar-refractivity contribution in [2.24, 2.45) is 5.41 Å². The normalized spacial score (nSPS) is 11.7. The maximum absolute atomic E-state index is 12.5. The molecule has 0 saturated carbocycles.